The van der Waals surface area contributed by atoms with E-state index >= 15 is 0 Å². The largest absolute Gasteiger partial charge is 0.158 e. The van der Waals surface area contributed by atoms with E-state index in [0.717, 1.165) is 17.1 Å². The first-order valence-electron chi connectivity index (χ1n) is 5.68. The summed E-state index contributed by atoms with van der Waals surface area (Å²) in [5.74, 6) is 3.60. The molecule has 1 aliphatic heterocycles. The Kier molecular flexibility index (Phi) is 2.65. The lowest BCUT2D eigenvalue weighted by Crippen LogP contribution is -2.43. The molecule has 0 spiro atoms. The smallest absolute Gasteiger partial charge is 0.00807 e. The summed E-state index contributed by atoms with van der Waals surface area (Å²) in [7, 11) is 0. The highest BCUT2D eigenvalue weighted by Crippen LogP contribution is 2.52. The van der Waals surface area contributed by atoms with E-state index in [1.54, 1.807) is 0 Å². The Morgan fingerprint density at radius 2 is 2.08 bits per heavy atom. The fourth-order valence-corrected chi connectivity index (χ4v) is 4.57. The van der Waals surface area contributed by atoms with Gasteiger partial charge in [0.2, 0.25) is 0 Å². The first kappa shape index (κ1) is 9.89. The van der Waals surface area contributed by atoms with Crippen LogP contribution in [0.1, 0.15) is 46.5 Å². The molecule has 2 fully saturated rings. The monoisotopic (exact) mass is 198 g/mol. The van der Waals surface area contributed by atoms with Crippen LogP contribution in [-0.2, 0) is 0 Å². The Morgan fingerprint density at radius 1 is 1.31 bits per heavy atom. The lowest BCUT2D eigenvalue weighted by Gasteiger charge is -2.49. The third-order valence-electron chi connectivity index (χ3n) is 3.51. The summed E-state index contributed by atoms with van der Waals surface area (Å²) in [4.78, 5) is 0. The van der Waals surface area contributed by atoms with Crippen LogP contribution in [0.15, 0.2) is 0 Å². The second kappa shape index (κ2) is 3.49. The van der Waals surface area contributed by atoms with Gasteiger partial charge in [0.15, 0.2) is 0 Å². The van der Waals surface area contributed by atoms with Crippen LogP contribution in [0.2, 0.25) is 0 Å². The van der Waals surface area contributed by atoms with Crippen molar-refractivity contribution in [2.45, 2.75) is 51.7 Å². The maximum absolute atomic E-state index is 2.39. The predicted molar refractivity (Wildman–Crippen MR) is 61.1 cm³/mol. The zero-order valence-corrected chi connectivity index (χ0v) is 9.99. The van der Waals surface area contributed by atoms with Crippen LogP contribution in [0.4, 0.5) is 0 Å². The van der Waals surface area contributed by atoms with Crippen LogP contribution in [0.5, 0.6) is 0 Å². The third kappa shape index (κ3) is 2.23. The van der Waals surface area contributed by atoms with Crippen molar-refractivity contribution in [2.75, 3.05) is 5.75 Å². The van der Waals surface area contributed by atoms with Crippen LogP contribution in [0.3, 0.4) is 0 Å². The maximum atomic E-state index is 2.39. The van der Waals surface area contributed by atoms with E-state index < -0.39 is 0 Å². The molecule has 2 aliphatic rings. The van der Waals surface area contributed by atoms with E-state index in [9.17, 15) is 0 Å². The molecule has 0 aromatic heterocycles. The van der Waals surface area contributed by atoms with Gasteiger partial charge in [-0.3, -0.25) is 0 Å². The number of hydrogen-bond acceptors (Lipinski definition) is 1. The fraction of sp³-hybridized carbons (Fsp3) is 1.00. The summed E-state index contributed by atoms with van der Waals surface area (Å²) in [5.41, 5.74) is 0.553. The molecular formula is C12H22S. The van der Waals surface area contributed by atoms with Crippen LogP contribution in [-0.4, -0.2) is 11.0 Å². The zero-order valence-electron chi connectivity index (χ0n) is 9.18. The van der Waals surface area contributed by atoms with Crippen molar-refractivity contribution in [3.63, 3.8) is 0 Å². The summed E-state index contributed by atoms with van der Waals surface area (Å²) in [5, 5.41) is 1.06. The van der Waals surface area contributed by atoms with E-state index in [4.69, 9.17) is 0 Å². The maximum Gasteiger partial charge on any atom is 0.00807 e. The number of thioether (sulfide) groups is 1. The summed E-state index contributed by atoms with van der Waals surface area (Å²) in [6, 6.07) is 0. The van der Waals surface area contributed by atoms with Crippen molar-refractivity contribution in [3.8, 4) is 0 Å². The molecule has 0 N–H and O–H groups in total. The topological polar surface area (TPSA) is 0 Å². The van der Waals surface area contributed by atoms with Crippen LogP contribution >= 0.6 is 11.8 Å². The molecule has 3 unspecified atom stereocenters. The Morgan fingerprint density at radius 3 is 2.69 bits per heavy atom. The zero-order chi connectivity index (χ0) is 9.47. The van der Waals surface area contributed by atoms with Crippen molar-refractivity contribution < 1.29 is 0 Å². The lowest BCUT2D eigenvalue weighted by atomic mass is 9.65. The molecule has 1 aliphatic carbocycles. The average Bonchev–Trinajstić information content (AvgIpc) is 1.99. The molecule has 13 heavy (non-hydrogen) atoms. The molecular weight excluding hydrogens is 176 g/mol. The second-order valence-corrected chi connectivity index (χ2v) is 7.32. The Balaban J connectivity index is 1.84. The summed E-state index contributed by atoms with van der Waals surface area (Å²) in [6.07, 6.45) is 5.98. The molecule has 0 bridgehead atoms. The molecule has 0 radical (unpaired) electrons. The van der Waals surface area contributed by atoms with Gasteiger partial charge < -0.3 is 0 Å². The van der Waals surface area contributed by atoms with E-state index in [0.29, 0.717) is 5.41 Å². The van der Waals surface area contributed by atoms with E-state index in [2.05, 4.69) is 32.5 Å². The Hall–Kier alpha value is 0.350. The molecule has 2 rings (SSSR count). The van der Waals surface area contributed by atoms with E-state index in [-0.39, 0.29) is 0 Å². The van der Waals surface area contributed by atoms with Gasteiger partial charge in [-0.1, -0.05) is 20.8 Å². The predicted octanol–water partition coefficient (Wildman–Crippen LogP) is 3.95. The highest BCUT2D eigenvalue weighted by atomic mass is 32.2. The minimum Gasteiger partial charge on any atom is -0.158 e. The number of hydrogen-bond donors (Lipinski definition) is 0. The molecule has 76 valence electrons. The summed E-state index contributed by atoms with van der Waals surface area (Å²) < 4.78 is 0. The van der Waals surface area contributed by atoms with Gasteiger partial charge >= 0.3 is 0 Å². The van der Waals surface area contributed by atoms with Crippen molar-refractivity contribution in [1.82, 2.24) is 0 Å². The molecule has 0 aromatic rings. The average molecular weight is 198 g/mol. The standard InChI is InChI=1S/C12H22S/c1-12(2,3)8-9-7-11-10(9)5-4-6-13-11/h9-11H,4-8H2,1-3H3. The minimum absolute atomic E-state index is 0.553. The van der Waals surface area contributed by atoms with Crippen LogP contribution in [0.25, 0.3) is 0 Å². The van der Waals surface area contributed by atoms with Gasteiger partial charge in [-0.2, -0.15) is 11.8 Å². The van der Waals surface area contributed by atoms with Gasteiger partial charge in [-0.05, 0) is 48.7 Å². The van der Waals surface area contributed by atoms with Gasteiger partial charge in [0.05, 0.1) is 0 Å². The molecule has 1 heteroatoms. The highest BCUT2D eigenvalue weighted by Gasteiger charge is 2.43. The van der Waals surface area contributed by atoms with Crippen molar-refractivity contribution in [1.29, 1.82) is 0 Å². The highest BCUT2D eigenvalue weighted by molar-refractivity contribution is 8.00. The first-order valence-corrected chi connectivity index (χ1v) is 6.73. The second-order valence-electron chi connectivity index (χ2n) is 5.98. The molecule has 0 nitrogen and oxygen atoms in total. The first-order chi connectivity index (χ1) is 6.06. The van der Waals surface area contributed by atoms with Gasteiger partial charge in [-0.15, -0.1) is 0 Å². The molecule has 0 amide bonds. The van der Waals surface area contributed by atoms with Crippen LogP contribution in [0, 0.1) is 17.3 Å². The van der Waals surface area contributed by atoms with Gasteiger partial charge in [0, 0.05) is 5.25 Å². The van der Waals surface area contributed by atoms with Gasteiger partial charge in [0.1, 0.15) is 0 Å². The lowest BCUT2D eigenvalue weighted by molar-refractivity contribution is 0.114. The molecule has 1 saturated heterocycles. The van der Waals surface area contributed by atoms with Crippen molar-refractivity contribution in [2.24, 2.45) is 17.3 Å². The fourth-order valence-electron chi connectivity index (χ4n) is 2.94. The van der Waals surface area contributed by atoms with E-state index in [1.807, 2.05) is 0 Å². The van der Waals surface area contributed by atoms with Crippen molar-refractivity contribution >= 4 is 11.8 Å². The Labute approximate surface area is 86.9 Å². The van der Waals surface area contributed by atoms with Gasteiger partial charge in [-0.25, -0.2) is 0 Å². The Bertz CT molecular complexity index is 180. The SMILES string of the molecule is CC(C)(C)CC1CC2SCCCC12. The van der Waals surface area contributed by atoms with E-state index in [1.165, 1.54) is 31.4 Å². The summed E-state index contributed by atoms with van der Waals surface area (Å²) in [6.45, 7) is 7.16. The van der Waals surface area contributed by atoms with Gasteiger partial charge in [0.25, 0.3) is 0 Å². The summed E-state index contributed by atoms with van der Waals surface area (Å²) >= 11 is 2.24. The molecule has 1 saturated carbocycles. The van der Waals surface area contributed by atoms with Crippen molar-refractivity contribution in [3.05, 3.63) is 0 Å². The number of fused-ring (bicyclic) bond motifs is 1. The van der Waals surface area contributed by atoms with Crippen LogP contribution < -0.4 is 0 Å². The quantitative estimate of drug-likeness (QED) is 0.614. The molecule has 0 aromatic carbocycles. The molecule has 1 heterocycles. The molecule has 3 atom stereocenters. The third-order valence-corrected chi connectivity index (χ3v) is 5.00. The normalized spacial score (nSPS) is 39.5. The number of rotatable bonds is 1. The minimum atomic E-state index is 0.553.